The number of sulfonamides is 2. The molecule has 0 amide bonds. The van der Waals surface area contributed by atoms with Crippen LogP contribution >= 0.6 is 34.8 Å². The summed E-state index contributed by atoms with van der Waals surface area (Å²) in [6.45, 7) is 0. The number of halogens is 3. The molecule has 49 heavy (non-hydrogen) atoms. The van der Waals surface area contributed by atoms with Crippen LogP contribution in [0.2, 0.25) is 10.0 Å². The zero-order chi connectivity index (χ0) is 35.8. The van der Waals surface area contributed by atoms with E-state index < -0.39 is 25.3 Å². The van der Waals surface area contributed by atoms with Crippen molar-refractivity contribution in [2.24, 2.45) is 10.3 Å². The fourth-order valence-electron chi connectivity index (χ4n) is 6.02. The molecule has 4 aromatic carbocycles. The third-order valence-electron chi connectivity index (χ3n) is 8.59. The summed E-state index contributed by atoms with van der Waals surface area (Å²) in [6, 6.07) is 26.2. The summed E-state index contributed by atoms with van der Waals surface area (Å²) in [4.78, 5) is 22.8. The summed E-state index contributed by atoms with van der Waals surface area (Å²) >= 11 is 16.6. The molecule has 0 saturated heterocycles. The first kappa shape index (κ1) is 38.7. The second-order valence-corrected chi connectivity index (χ2v) is 16.2. The van der Waals surface area contributed by atoms with Crippen LogP contribution in [0, 0.1) is 0 Å². The van der Waals surface area contributed by atoms with Crippen LogP contribution in [-0.2, 0) is 20.0 Å². The minimum atomic E-state index is -3.97. The SMILES string of the molecule is NS(=O)(=O)c1cc(C(=O)Cl)ccc1Cl.NS(=O)(=O)c1cc(C(=O)c2ccc(C3CCCC3)cc2)ccc1Cl.c1ccc(C2CCCC2)cc1. The molecular formula is C36H37Cl3N2O6S2. The highest BCUT2D eigenvalue weighted by Gasteiger charge is 2.20. The second kappa shape index (κ2) is 17.2. The molecule has 4 aromatic rings. The standard InChI is InChI=1S/C18H18ClNO3S.C11H14.C7H5Cl2NO3S/c19-16-10-9-15(11-17(16)24(20,22)23)18(21)14-7-5-13(6-8-14)12-3-1-2-4-12;1-2-6-10(7-3-1)11-8-4-5-9-11;8-5-2-1-4(7(9)11)3-6(5)14(10,12)13/h5-12H,1-4H2,(H2,20,22,23);1-3,6-7,11H,4-5,8-9H2;1-3H,(H2,10,12,13). The van der Waals surface area contributed by atoms with Crippen molar-refractivity contribution in [3.63, 3.8) is 0 Å². The zero-order valence-electron chi connectivity index (χ0n) is 26.5. The predicted octanol–water partition coefficient (Wildman–Crippen LogP) is 8.59. The lowest BCUT2D eigenvalue weighted by Crippen LogP contribution is -2.14. The lowest BCUT2D eigenvalue weighted by molar-refractivity contribution is 0.103. The van der Waals surface area contributed by atoms with E-state index in [1.165, 1.54) is 87.3 Å². The van der Waals surface area contributed by atoms with Crippen molar-refractivity contribution in [3.8, 4) is 0 Å². The molecule has 0 heterocycles. The molecule has 260 valence electrons. The second-order valence-electron chi connectivity index (χ2n) is 12.0. The molecule has 2 fully saturated rings. The third-order valence-corrected chi connectivity index (χ3v) is 11.6. The number of benzene rings is 4. The molecule has 0 radical (unpaired) electrons. The Bertz CT molecular complexity index is 1990. The molecule has 8 nitrogen and oxygen atoms in total. The lowest BCUT2D eigenvalue weighted by atomic mass is 9.95. The van der Waals surface area contributed by atoms with E-state index in [1.54, 1.807) is 17.7 Å². The number of carbonyl (C=O) groups is 2. The van der Waals surface area contributed by atoms with Crippen LogP contribution in [-0.4, -0.2) is 27.9 Å². The van der Waals surface area contributed by atoms with Crippen LogP contribution in [0.25, 0.3) is 0 Å². The number of nitrogens with two attached hydrogens (primary N) is 2. The van der Waals surface area contributed by atoms with Crippen molar-refractivity contribution in [1.29, 1.82) is 0 Å². The van der Waals surface area contributed by atoms with Crippen molar-refractivity contribution >= 4 is 65.9 Å². The Hall–Kier alpha value is -3.09. The summed E-state index contributed by atoms with van der Waals surface area (Å²) in [5.74, 6) is 1.20. The fraction of sp³-hybridized carbons (Fsp3) is 0.278. The molecule has 2 saturated carbocycles. The van der Waals surface area contributed by atoms with Gasteiger partial charge in [0.25, 0.3) is 5.24 Å². The van der Waals surface area contributed by atoms with Gasteiger partial charge >= 0.3 is 0 Å². The Morgan fingerprint density at radius 3 is 1.37 bits per heavy atom. The van der Waals surface area contributed by atoms with E-state index in [2.05, 4.69) is 30.3 Å². The highest BCUT2D eigenvalue weighted by Crippen LogP contribution is 2.35. The highest BCUT2D eigenvalue weighted by molar-refractivity contribution is 7.89. The topological polar surface area (TPSA) is 154 Å². The molecule has 0 atom stereocenters. The van der Waals surface area contributed by atoms with Gasteiger partial charge in [-0.25, -0.2) is 27.1 Å². The quantitative estimate of drug-likeness (QED) is 0.142. The minimum absolute atomic E-state index is 0.00521. The average molecular weight is 764 g/mol. The van der Waals surface area contributed by atoms with Gasteiger partial charge in [-0.05, 0) is 96.6 Å². The Morgan fingerprint density at radius 2 is 0.939 bits per heavy atom. The number of rotatable bonds is 7. The van der Waals surface area contributed by atoms with Crippen LogP contribution in [0.15, 0.2) is 101 Å². The van der Waals surface area contributed by atoms with E-state index in [4.69, 9.17) is 45.1 Å². The van der Waals surface area contributed by atoms with Gasteiger partial charge in [-0.2, -0.15) is 0 Å². The summed E-state index contributed by atoms with van der Waals surface area (Å²) in [5, 5.41) is 9.18. The molecular weight excluding hydrogens is 727 g/mol. The van der Waals surface area contributed by atoms with Crippen molar-refractivity contribution < 1.29 is 26.4 Å². The number of carbonyl (C=O) groups excluding carboxylic acids is 2. The molecule has 0 spiro atoms. The van der Waals surface area contributed by atoms with Crippen LogP contribution < -0.4 is 10.3 Å². The largest absolute Gasteiger partial charge is 0.289 e. The average Bonchev–Trinajstić information content (AvgIpc) is 3.81. The molecule has 2 aliphatic rings. The highest BCUT2D eigenvalue weighted by atomic mass is 35.5. The minimum Gasteiger partial charge on any atom is -0.289 e. The molecule has 6 rings (SSSR count). The molecule has 2 aliphatic carbocycles. The number of hydrogen-bond acceptors (Lipinski definition) is 6. The maximum Gasteiger partial charge on any atom is 0.252 e. The van der Waals surface area contributed by atoms with E-state index in [0.29, 0.717) is 11.5 Å². The van der Waals surface area contributed by atoms with E-state index >= 15 is 0 Å². The summed E-state index contributed by atoms with van der Waals surface area (Å²) in [6.07, 6.45) is 10.6. The number of ketones is 1. The maximum atomic E-state index is 12.6. The number of primary sulfonamides is 2. The first-order valence-electron chi connectivity index (χ1n) is 15.7. The Kier molecular flexibility index (Phi) is 13.6. The number of hydrogen-bond donors (Lipinski definition) is 2. The van der Waals surface area contributed by atoms with Gasteiger partial charge in [0.2, 0.25) is 20.0 Å². The van der Waals surface area contributed by atoms with Crippen molar-refractivity contribution in [2.75, 3.05) is 0 Å². The third kappa shape index (κ3) is 10.9. The van der Waals surface area contributed by atoms with Gasteiger partial charge in [0.15, 0.2) is 5.78 Å². The summed E-state index contributed by atoms with van der Waals surface area (Å²) < 4.78 is 45.0. The fourth-order valence-corrected chi connectivity index (χ4v) is 8.28. The van der Waals surface area contributed by atoms with Gasteiger partial charge in [-0.1, -0.05) is 103 Å². The van der Waals surface area contributed by atoms with Gasteiger partial charge in [0, 0.05) is 16.7 Å². The molecule has 4 N–H and O–H groups in total. The van der Waals surface area contributed by atoms with Gasteiger partial charge < -0.3 is 0 Å². The summed E-state index contributed by atoms with van der Waals surface area (Å²) in [5.41, 5.74) is 3.59. The Morgan fingerprint density at radius 1 is 0.551 bits per heavy atom. The molecule has 0 unspecified atom stereocenters. The van der Waals surface area contributed by atoms with Crippen molar-refractivity contribution in [3.05, 3.63) is 129 Å². The Balaban J connectivity index is 0.000000183. The van der Waals surface area contributed by atoms with Gasteiger partial charge in [-0.3, -0.25) is 9.59 Å². The van der Waals surface area contributed by atoms with Gasteiger partial charge in [0.1, 0.15) is 9.79 Å². The first-order valence-corrected chi connectivity index (χ1v) is 19.9. The van der Waals surface area contributed by atoms with Crippen LogP contribution in [0.4, 0.5) is 0 Å². The molecule has 0 aliphatic heterocycles. The van der Waals surface area contributed by atoms with Crippen LogP contribution in [0.1, 0.15) is 101 Å². The normalized spacial score (nSPS) is 15.1. The molecule has 13 heteroatoms. The predicted molar refractivity (Wildman–Crippen MR) is 195 cm³/mol. The summed E-state index contributed by atoms with van der Waals surface area (Å²) in [7, 11) is -7.91. The van der Waals surface area contributed by atoms with E-state index in [0.717, 1.165) is 12.0 Å². The van der Waals surface area contributed by atoms with E-state index in [-0.39, 0.29) is 36.7 Å². The van der Waals surface area contributed by atoms with Gasteiger partial charge in [-0.15, -0.1) is 0 Å². The zero-order valence-corrected chi connectivity index (χ0v) is 30.4. The Labute approximate surface area is 302 Å². The van der Waals surface area contributed by atoms with E-state index in [9.17, 15) is 26.4 Å². The maximum absolute atomic E-state index is 12.6. The van der Waals surface area contributed by atoms with E-state index in [1.807, 2.05) is 12.1 Å². The first-order chi connectivity index (χ1) is 23.1. The molecule has 0 aromatic heterocycles. The lowest BCUT2D eigenvalue weighted by Gasteiger charge is -2.10. The van der Waals surface area contributed by atoms with Crippen molar-refractivity contribution in [2.45, 2.75) is 73.0 Å². The molecule has 0 bridgehead atoms. The van der Waals surface area contributed by atoms with Crippen LogP contribution in [0.3, 0.4) is 0 Å². The van der Waals surface area contributed by atoms with Crippen molar-refractivity contribution in [1.82, 2.24) is 0 Å². The smallest absolute Gasteiger partial charge is 0.252 e. The monoisotopic (exact) mass is 762 g/mol. The van der Waals surface area contributed by atoms with Gasteiger partial charge in [0.05, 0.1) is 10.0 Å². The van der Waals surface area contributed by atoms with Crippen LogP contribution in [0.5, 0.6) is 0 Å².